The van der Waals surface area contributed by atoms with Crippen molar-refractivity contribution in [1.82, 2.24) is 5.32 Å². The summed E-state index contributed by atoms with van der Waals surface area (Å²) in [5.74, 6) is -1.83. The lowest BCUT2D eigenvalue weighted by Crippen LogP contribution is -2.38. The van der Waals surface area contributed by atoms with Gasteiger partial charge in [-0.05, 0) is 30.7 Å². The Morgan fingerprint density at radius 1 is 1.19 bits per heavy atom. The van der Waals surface area contributed by atoms with Gasteiger partial charge in [-0.2, -0.15) is 5.26 Å². The highest BCUT2D eigenvalue weighted by Crippen LogP contribution is 2.12. The van der Waals surface area contributed by atoms with Crippen LogP contribution in [-0.2, 0) is 24.2 Å². The van der Waals surface area contributed by atoms with E-state index in [1.54, 1.807) is 6.07 Å². The number of carbonyl (C=O) groups is 3. The number of ether oxygens (including phenoxy) is 1. The van der Waals surface area contributed by atoms with Crippen LogP contribution < -0.4 is 10.6 Å². The van der Waals surface area contributed by atoms with Gasteiger partial charge < -0.3 is 15.4 Å². The molecule has 9 nitrogen and oxygen atoms in total. The zero-order chi connectivity index (χ0) is 19.2. The lowest BCUT2D eigenvalue weighted by Gasteiger charge is -2.11. The van der Waals surface area contributed by atoms with E-state index in [1.807, 2.05) is 0 Å². The van der Waals surface area contributed by atoms with Crippen molar-refractivity contribution in [3.05, 3.63) is 29.8 Å². The van der Waals surface area contributed by atoms with E-state index in [2.05, 4.69) is 10.6 Å². The first kappa shape index (κ1) is 19.4. The maximum absolute atomic E-state index is 11.9. The molecule has 1 saturated heterocycles. The number of nitrogens with zero attached hydrogens (tertiary/aromatic N) is 1. The van der Waals surface area contributed by atoms with Crippen LogP contribution in [0.25, 0.3) is 0 Å². The average Bonchev–Trinajstić information content (AvgIpc) is 2.92. The Morgan fingerprint density at radius 2 is 1.88 bits per heavy atom. The van der Waals surface area contributed by atoms with Crippen molar-refractivity contribution in [2.45, 2.75) is 18.9 Å². The highest BCUT2D eigenvalue weighted by atomic mass is 32.2. The standard InChI is InChI=1S/C16H17N3O6S/c17-7-5-14(20)18-12-3-1-11(2-4-12)16(22)25-9-15(21)19-13-6-8-26(23,24)10-13/h1-4,13H,5-6,8-10H2,(H,18,20)(H,19,21)/t13-/m0/s1. The third-order valence-corrected chi connectivity index (χ3v) is 5.34. The van der Waals surface area contributed by atoms with Gasteiger partial charge in [-0.1, -0.05) is 0 Å². The predicted octanol–water partition coefficient (Wildman–Crippen LogP) is -0.00112. The minimum Gasteiger partial charge on any atom is -0.452 e. The van der Waals surface area contributed by atoms with Crippen molar-refractivity contribution in [2.75, 3.05) is 23.4 Å². The van der Waals surface area contributed by atoms with Gasteiger partial charge in [0.05, 0.1) is 23.1 Å². The fraction of sp³-hybridized carbons (Fsp3) is 0.375. The molecule has 0 saturated carbocycles. The minimum absolute atomic E-state index is 0.0367. The van der Waals surface area contributed by atoms with Gasteiger partial charge in [0.2, 0.25) is 5.91 Å². The van der Waals surface area contributed by atoms with E-state index in [1.165, 1.54) is 24.3 Å². The molecule has 1 fully saturated rings. The summed E-state index contributed by atoms with van der Waals surface area (Å²) in [5, 5.41) is 13.4. The fourth-order valence-electron chi connectivity index (χ4n) is 2.36. The average molecular weight is 379 g/mol. The van der Waals surface area contributed by atoms with Crippen molar-refractivity contribution in [2.24, 2.45) is 0 Å². The molecule has 0 aliphatic carbocycles. The third kappa shape index (κ3) is 5.86. The number of amides is 2. The number of carbonyl (C=O) groups excluding carboxylic acids is 3. The van der Waals surface area contributed by atoms with Crippen molar-refractivity contribution in [1.29, 1.82) is 5.26 Å². The smallest absolute Gasteiger partial charge is 0.338 e. The molecule has 2 amide bonds. The number of hydrogen-bond acceptors (Lipinski definition) is 7. The maximum Gasteiger partial charge on any atom is 0.338 e. The largest absolute Gasteiger partial charge is 0.452 e. The van der Waals surface area contributed by atoms with Crippen molar-refractivity contribution in [3.63, 3.8) is 0 Å². The van der Waals surface area contributed by atoms with Gasteiger partial charge in [0.1, 0.15) is 6.42 Å². The summed E-state index contributed by atoms with van der Waals surface area (Å²) in [6.45, 7) is -0.518. The molecule has 1 atom stereocenters. The van der Waals surface area contributed by atoms with Crippen LogP contribution in [0.15, 0.2) is 24.3 Å². The summed E-state index contributed by atoms with van der Waals surface area (Å²) in [6, 6.07) is 7.01. The molecule has 26 heavy (non-hydrogen) atoms. The Hall–Kier alpha value is -2.93. The van der Waals surface area contributed by atoms with E-state index in [0.29, 0.717) is 12.1 Å². The van der Waals surface area contributed by atoms with Crippen molar-refractivity contribution in [3.8, 4) is 6.07 Å². The molecular formula is C16H17N3O6S. The number of hydrogen-bond donors (Lipinski definition) is 2. The van der Waals surface area contributed by atoms with E-state index >= 15 is 0 Å². The van der Waals surface area contributed by atoms with Crippen LogP contribution in [0.2, 0.25) is 0 Å². The molecule has 0 unspecified atom stereocenters. The molecule has 2 rings (SSSR count). The Kier molecular flexibility index (Phi) is 6.30. The number of rotatable bonds is 6. The summed E-state index contributed by atoms with van der Waals surface area (Å²) in [6.07, 6.45) is 0.0716. The van der Waals surface area contributed by atoms with E-state index in [0.717, 1.165) is 0 Å². The first-order valence-corrected chi connectivity index (χ1v) is 9.55. The van der Waals surface area contributed by atoms with Gasteiger partial charge in [0.15, 0.2) is 16.4 Å². The Bertz CT molecular complexity index is 842. The molecular weight excluding hydrogens is 362 g/mol. The number of esters is 1. The second-order valence-electron chi connectivity index (χ2n) is 5.70. The summed E-state index contributed by atoms with van der Waals surface area (Å²) in [7, 11) is -3.10. The molecule has 1 aromatic carbocycles. The second kappa shape index (κ2) is 8.44. The van der Waals surface area contributed by atoms with Crippen LogP contribution in [-0.4, -0.2) is 50.4 Å². The number of nitrogens with one attached hydrogen (secondary N) is 2. The summed E-state index contributed by atoms with van der Waals surface area (Å²) >= 11 is 0. The van der Waals surface area contributed by atoms with E-state index in [9.17, 15) is 22.8 Å². The maximum atomic E-state index is 11.9. The molecule has 0 radical (unpaired) electrons. The fourth-order valence-corrected chi connectivity index (χ4v) is 4.03. The van der Waals surface area contributed by atoms with E-state index < -0.39 is 40.3 Å². The van der Waals surface area contributed by atoms with Crippen LogP contribution >= 0.6 is 0 Å². The normalized spacial score (nSPS) is 17.7. The molecule has 1 aliphatic rings. The highest BCUT2D eigenvalue weighted by Gasteiger charge is 2.29. The molecule has 2 N–H and O–H groups in total. The predicted molar refractivity (Wildman–Crippen MR) is 90.8 cm³/mol. The summed E-state index contributed by atoms with van der Waals surface area (Å²) in [5.41, 5.74) is 0.599. The lowest BCUT2D eigenvalue weighted by molar-refractivity contribution is -0.124. The number of anilines is 1. The summed E-state index contributed by atoms with van der Waals surface area (Å²) < 4.78 is 27.5. The number of sulfone groups is 1. The van der Waals surface area contributed by atoms with Gasteiger partial charge in [0.25, 0.3) is 5.91 Å². The third-order valence-electron chi connectivity index (χ3n) is 3.58. The highest BCUT2D eigenvalue weighted by molar-refractivity contribution is 7.91. The molecule has 10 heteroatoms. The summed E-state index contributed by atoms with van der Waals surface area (Å²) in [4.78, 5) is 34.9. The SMILES string of the molecule is N#CCC(=O)Nc1ccc(C(=O)OCC(=O)N[C@H]2CCS(=O)(=O)C2)cc1. The zero-order valence-corrected chi connectivity index (χ0v) is 14.5. The van der Waals surface area contributed by atoms with Crippen molar-refractivity contribution < 1.29 is 27.5 Å². The van der Waals surface area contributed by atoms with Crippen molar-refractivity contribution >= 4 is 33.3 Å². The Morgan fingerprint density at radius 3 is 2.46 bits per heavy atom. The zero-order valence-electron chi connectivity index (χ0n) is 13.7. The lowest BCUT2D eigenvalue weighted by atomic mass is 10.2. The molecule has 1 aromatic rings. The van der Waals surface area contributed by atoms with Crippen LogP contribution in [0.1, 0.15) is 23.2 Å². The molecule has 0 spiro atoms. The minimum atomic E-state index is -3.10. The van der Waals surface area contributed by atoms with Gasteiger partial charge in [-0.15, -0.1) is 0 Å². The van der Waals surface area contributed by atoms with Crippen LogP contribution in [0.5, 0.6) is 0 Å². The van der Waals surface area contributed by atoms with E-state index in [-0.39, 0.29) is 23.5 Å². The Labute approximate surface area is 150 Å². The van der Waals surface area contributed by atoms with Crippen LogP contribution in [0, 0.1) is 11.3 Å². The quantitative estimate of drug-likeness (QED) is 0.662. The number of benzene rings is 1. The van der Waals surface area contributed by atoms with Crippen LogP contribution in [0.4, 0.5) is 5.69 Å². The van der Waals surface area contributed by atoms with Gasteiger partial charge >= 0.3 is 5.97 Å². The molecule has 1 heterocycles. The number of nitriles is 1. The van der Waals surface area contributed by atoms with Gasteiger partial charge in [-0.3, -0.25) is 9.59 Å². The topological polar surface area (TPSA) is 142 Å². The molecule has 1 aliphatic heterocycles. The van der Waals surface area contributed by atoms with Gasteiger partial charge in [0, 0.05) is 11.7 Å². The molecule has 0 bridgehead atoms. The monoisotopic (exact) mass is 379 g/mol. The van der Waals surface area contributed by atoms with E-state index in [4.69, 9.17) is 10.00 Å². The van der Waals surface area contributed by atoms with Gasteiger partial charge in [-0.25, -0.2) is 13.2 Å². The van der Waals surface area contributed by atoms with Crippen LogP contribution in [0.3, 0.4) is 0 Å². The first-order valence-electron chi connectivity index (χ1n) is 7.73. The second-order valence-corrected chi connectivity index (χ2v) is 7.93. The Balaban J connectivity index is 1.79. The molecule has 138 valence electrons. The first-order chi connectivity index (χ1) is 12.3. The molecule has 0 aromatic heterocycles.